The monoisotopic (exact) mass is 642 g/mol. The number of rotatable bonds is 13. The summed E-state index contributed by atoms with van der Waals surface area (Å²) in [4.78, 5) is 16.4. The molecular formula is C30H32F6N4O5. The summed E-state index contributed by atoms with van der Waals surface area (Å²) >= 11 is 0. The van der Waals surface area contributed by atoms with Crippen LogP contribution < -0.4 is 10.1 Å². The number of unbranched alkanes of at least 4 members (excludes halogenated alkanes) is 1. The summed E-state index contributed by atoms with van der Waals surface area (Å²) in [6.45, 7) is 10.8. The van der Waals surface area contributed by atoms with E-state index in [1.54, 1.807) is 30.3 Å². The summed E-state index contributed by atoms with van der Waals surface area (Å²) in [6, 6.07) is 8.48. The van der Waals surface area contributed by atoms with Gasteiger partial charge in [-0.15, -0.1) is 23.4 Å². The first-order chi connectivity index (χ1) is 21.0. The van der Waals surface area contributed by atoms with E-state index in [0.717, 1.165) is 6.08 Å². The Morgan fingerprint density at radius 2 is 1.71 bits per heavy atom. The van der Waals surface area contributed by atoms with Crippen LogP contribution in [0.1, 0.15) is 57.1 Å². The zero-order chi connectivity index (χ0) is 33.5. The Hall–Kier alpha value is -4.40. The second-order valence-corrected chi connectivity index (χ2v) is 10.6. The fraction of sp³-hybridized carbons (Fsp3) is 0.400. The molecule has 0 spiro atoms. The standard InChI is InChI=1S/C30H32F6N4O5/c1-6-8-12-16-42-23-20(29(31,32)33)17-21(37-26(41)45-27(3,4)5)22(38-23)24-39-40-25(44-24)28(15-7-2,30(34,35)36)43-18-19-13-10-9-11-14-19/h6-7,9-11,13-14,17H,1-2,8,12,15-16,18H2,3-5H3,(H,37,41). The van der Waals surface area contributed by atoms with Crippen molar-refractivity contribution in [3.05, 3.63) is 78.7 Å². The van der Waals surface area contributed by atoms with Crippen molar-refractivity contribution in [2.24, 2.45) is 0 Å². The average Bonchev–Trinajstić information content (AvgIpc) is 3.42. The van der Waals surface area contributed by atoms with Gasteiger partial charge in [0.25, 0.3) is 11.8 Å². The van der Waals surface area contributed by atoms with Gasteiger partial charge in [-0.05, 0) is 45.2 Å². The molecule has 1 atom stereocenters. The van der Waals surface area contributed by atoms with Crippen LogP contribution in [0.3, 0.4) is 0 Å². The van der Waals surface area contributed by atoms with Crippen molar-refractivity contribution >= 4 is 11.8 Å². The van der Waals surface area contributed by atoms with Crippen LogP contribution in [-0.4, -0.2) is 39.7 Å². The van der Waals surface area contributed by atoms with Gasteiger partial charge in [-0.25, -0.2) is 9.78 Å². The maximum absolute atomic E-state index is 14.7. The fourth-order valence-corrected chi connectivity index (χ4v) is 3.87. The number of carbonyl (C=O) groups is 1. The van der Waals surface area contributed by atoms with Gasteiger partial charge in [-0.2, -0.15) is 26.3 Å². The molecule has 244 valence electrons. The summed E-state index contributed by atoms with van der Waals surface area (Å²) < 4.78 is 107. The van der Waals surface area contributed by atoms with Crippen LogP contribution >= 0.6 is 0 Å². The van der Waals surface area contributed by atoms with Crippen molar-refractivity contribution < 1.29 is 49.8 Å². The fourth-order valence-electron chi connectivity index (χ4n) is 3.87. The number of benzene rings is 1. The van der Waals surface area contributed by atoms with Crippen molar-refractivity contribution in [3.63, 3.8) is 0 Å². The minimum absolute atomic E-state index is 0.209. The van der Waals surface area contributed by atoms with E-state index in [1.807, 2.05) is 0 Å². The topological polar surface area (TPSA) is 109 Å². The lowest BCUT2D eigenvalue weighted by Crippen LogP contribution is -2.45. The molecule has 0 aliphatic carbocycles. The van der Waals surface area contributed by atoms with Crippen LogP contribution in [0.25, 0.3) is 11.6 Å². The molecule has 0 radical (unpaired) electrons. The number of pyridine rings is 1. The number of aromatic nitrogens is 3. The van der Waals surface area contributed by atoms with Crippen molar-refractivity contribution in [1.82, 2.24) is 15.2 Å². The third kappa shape index (κ3) is 9.06. The first-order valence-corrected chi connectivity index (χ1v) is 13.6. The van der Waals surface area contributed by atoms with Crippen LogP contribution in [0.5, 0.6) is 5.88 Å². The molecule has 0 aliphatic rings. The molecule has 0 saturated carbocycles. The first-order valence-electron chi connectivity index (χ1n) is 13.6. The average molecular weight is 643 g/mol. The number of amides is 1. The highest BCUT2D eigenvalue weighted by molar-refractivity contribution is 5.89. The predicted molar refractivity (Wildman–Crippen MR) is 151 cm³/mol. The Balaban J connectivity index is 2.17. The molecule has 9 nitrogen and oxygen atoms in total. The van der Waals surface area contributed by atoms with E-state index in [0.29, 0.717) is 18.1 Å². The van der Waals surface area contributed by atoms with E-state index in [9.17, 15) is 31.1 Å². The lowest BCUT2D eigenvalue weighted by Gasteiger charge is -2.31. The summed E-state index contributed by atoms with van der Waals surface area (Å²) in [5, 5.41) is 9.36. The third-order valence-electron chi connectivity index (χ3n) is 5.91. The lowest BCUT2D eigenvalue weighted by molar-refractivity contribution is -0.295. The summed E-state index contributed by atoms with van der Waals surface area (Å²) in [5.74, 6) is -2.76. The van der Waals surface area contributed by atoms with E-state index >= 15 is 0 Å². The molecule has 0 aliphatic heterocycles. The molecule has 3 rings (SSSR count). The van der Waals surface area contributed by atoms with E-state index in [2.05, 4.69) is 33.7 Å². The Bertz CT molecular complexity index is 1470. The second kappa shape index (κ2) is 14.1. The number of hydrogen-bond acceptors (Lipinski definition) is 8. The summed E-state index contributed by atoms with van der Waals surface area (Å²) in [5.41, 5.74) is -6.46. The predicted octanol–water partition coefficient (Wildman–Crippen LogP) is 8.39. The quantitative estimate of drug-likeness (QED) is 0.113. The highest BCUT2D eigenvalue weighted by Gasteiger charge is 2.61. The zero-order valence-electron chi connectivity index (χ0n) is 24.7. The molecule has 45 heavy (non-hydrogen) atoms. The molecule has 1 aromatic carbocycles. The number of nitrogens with zero attached hydrogens (tertiary/aromatic N) is 3. The third-order valence-corrected chi connectivity index (χ3v) is 5.91. The molecule has 1 unspecified atom stereocenters. The Kier molecular flexibility index (Phi) is 11.0. The first kappa shape index (κ1) is 35.1. The number of carbonyl (C=O) groups excluding carboxylic acids is 1. The van der Waals surface area contributed by atoms with Gasteiger partial charge in [0.1, 0.15) is 11.2 Å². The SMILES string of the molecule is C=CCCCOc1nc(-c2nnc(C(CC=C)(OCc3ccccc3)C(F)(F)F)o2)c(NC(=O)OC(C)(C)C)cc1C(F)(F)F. The smallest absolute Gasteiger partial charge is 0.426 e. The molecule has 0 bridgehead atoms. The van der Waals surface area contributed by atoms with E-state index in [1.165, 1.54) is 26.8 Å². The Morgan fingerprint density at radius 1 is 1.02 bits per heavy atom. The highest BCUT2D eigenvalue weighted by atomic mass is 19.4. The Morgan fingerprint density at radius 3 is 2.29 bits per heavy atom. The second-order valence-electron chi connectivity index (χ2n) is 10.6. The molecule has 0 saturated heterocycles. The van der Waals surface area contributed by atoms with E-state index in [-0.39, 0.29) is 13.0 Å². The zero-order valence-corrected chi connectivity index (χ0v) is 24.7. The molecule has 0 fully saturated rings. The number of nitrogens with one attached hydrogen (secondary N) is 1. The van der Waals surface area contributed by atoms with Gasteiger partial charge >= 0.3 is 18.4 Å². The van der Waals surface area contributed by atoms with Crippen molar-refractivity contribution in [1.29, 1.82) is 0 Å². The van der Waals surface area contributed by atoms with Crippen LogP contribution in [0.15, 0.2) is 66.1 Å². The minimum Gasteiger partial charge on any atom is -0.477 e. The summed E-state index contributed by atoms with van der Waals surface area (Å²) in [7, 11) is 0. The van der Waals surface area contributed by atoms with Crippen LogP contribution in [0, 0.1) is 0 Å². The number of alkyl halides is 6. The van der Waals surface area contributed by atoms with Gasteiger partial charge < -0.3 is 18.6 Å². The lowest BCUT2D eigenvalue weighted by atomic mass is 9.98. The molecule has 2 aromatic heterocycles. The van der Waals surface area contributed by atoms with Crippen molar-refractivity contribution in [3.8, 4) is 17.5 Å². The molecule has 1 N–H and O–H groups in total. The molecule has 3 aromatic rings. The van der Waals surface area contributed by atoms with E-state index in [4.69, 9.17) is 18.6 Å². The molecule has 15 heteroatoms. The van der Waals surface area contributed by atoms with Gasteiger partial charge in [-0.3, -0.25) is 5.32 Å². The number of halogens is 6. The Labute approximate surface area is 255 Å². The van der Waals surface area contributed by atoms with Gasteiger partial charge in [-0.1, -0.05) is 42.5 Å². The summed E-state index contributed by atoms with van der Waals surface area (Å²) in [6.07, 6.45) is -8.97. The normalized spacial score (nSPS) is 13.5. The maximum atomic E-state index is 14.7. The van der Waals surface area contributed by atoms with Crippen LogP contribution in [0.4, 0.5) is 36.8 Å². The van der Waals surface area contributed by atoms with Gasteiger partial charge in [0.2, 0.25) is 11.5 Å². The molecule has 1 amide bonds. The minimum atomic E-state index is -5.12. The largest absolute Gasteiger partial charge is 0.477 e. The van der Waals surface area contributed by atoms with Crippen molar-refractivity contribution in [2.75, 3.05) is 11.9 Å². The number of anilines is 1. The molecular weight excluding hydrogens is 610 g/mol. The number of hydrogen-bond donors (Lipinski definition) is 1. The van der Waals surface area contributed by atoms with Crippen LogP contribution in [-0.2, 0) is 27.9 Å². The van der Waals surface area contributed by atoms with Gasteiger partial charge in [0.05, 0.1) is 18.9 Å². The number of allylic oxidation sites excluding steroid dienone is 1. The van der Waals surface area contributed by atoms with E-state index < -0.39 is 77.3 Å². The maximum Gasteiger partial charge on any atom is 0.426 e. The number of ether oxygens (including phenoxy) is 3. The van der Waals surface area contributed by atoms with Gasteiger partial charge in [0.15, 0.2) is 5.69 Å². The van der Waals surface area contributed by atoms with Gasteiger partial charge in [0, 0.05) is 6.42 Å². The molecule has 2 heterocycles. The van der Waals surface area contributed by atoms with Crippen molar-refractivity contribution in [2.45, 2.75) is 70.2 Å². The van der Waals surface area contributed by atoms with Crippen LogP contribution in [0.2, 0.25) is 0 Å². The highest BCUT2D eigenvalue weighted by Crippen LogP contribution is 2.47.